The van der Waals surface area contributed by atoms with Crippen LogP contribution in [0, 0.1) is 0 Å². The largest absolute Gasteiger partial charge is 0.454 e. The van der Waals surface area contributed by atoms with Gasteiger partial charge in [-0.3, -0.25) is 4.79 Å². The Kier molecular flexibility index (Phi) is 5.40. The molecule has 152 valence electrons. The highest BCUT2D eigenvalue weighted by molar-refractivity contribution is 5.96. The number of ether oxygens (including phenoxy) is 1. The Labute approximate surface area is 173 Å². The SMILES string of the molecule is CN1C(=CC(=O)COC(=O)c2ccc(C(C)(C)C)cc2)C(C)(C)c2ccccc21. The average Bonchev–Trinajstić information content (AvgIpc) is 2.86. The van der Waals surface area contributed by atoms with Crippen LogP contribution in [0.4, 0.5) is 5.69 Å². The van der Waals surface area contributed by atoms with E-state index in [2.05, 4.69) is 40.7 Å². The number of nitrogens with zero attached hydrogens (tertiary/aromatic N) is 1. The number of ketones is 1. The zero-order valence-corrected chi connectivity index (χ0v) is 18.1. The molecular weight excluding hydrogens is 362 g/mol. The fourth-order valence-corrected chi connectivity index (χ4v) is 3.78. The maximum Gasteiger partial charge on any atom is 0.338 e. The smallest absolute Gasteiger partial charge is 0.338 e. The molecule has 0 aliphatic carbocycles. The Balaban J connectivity index is 1.68. The summed E-state index contributed by atoms with van der Waals surface area (Å²) in [6.07, 6.45) is 1.59. The molecule has 3 rings (SSSR count). The molecule has 0 atom stereocenters. The van der Waals surface area contributed by atoms with Gasteiger partial charge in [-0.2, -0.15) is 0 Å². The van der Waals surface area contributed by atoms with E-state index < -0.39 is 5.97 Å². The fraction of sp³-hybridized carbons (Fsp3) is 0.360. The van der Waals surface area contributed by atoms with E-state index in [1.807, 2.05) is 42.3 Å². The molecule has 0 unspecified atom stereocenters. The van der Waals surface area contributed by atoms with Crippen molar-refractivity contribution in [3.8, 4) is 0 Å². The van der Waals surface area contributed by atoms with Crippen molar-refractivity contribution in [2.75, 3.05) is 18.6 Å². The molecule has 0 saturated heterocycles. The van der Waals surface area contributed by atoms with Gasteiger partial charge in [-0.25, -0.2) is 4.79 Å². The van der Waals surface area contributed by atoms with E-state index in [9.17, 15) is 9.59 Å². The molecule has 29 heavy (non-hydrogen) atoms. The van der Waals surface area contributed by atoms with Gasteiger partial charge in [0.25, 0.3) is 0 Å². The lowest BCUT2D eigenvalue weighted by Gasteiger charge is -2.23. The Morgan fingerprint density at radius 2 is 1.66 bits per heavy atom. The summed E-state index contributed by atoms with van der Waals surface area (Å²) in [5, 5.41) is 0. The van der Waals surface area contributed by atoms with Crippen molar-refractivity contribution in [1.29, 1.82) is 0 Å². The van der Waals surface area contributed by atoms with Crippen molar-refractivity contribution < 1.29 is 14.3 Å². The second kappa shape index (κ2) is 7.51. The van der Waals surface area contributed by atoms with Gasteiger partial charge >= 0.3 is 5.97 Å². The van der Waals surface area contributed by atoms with Crippen molar-refractivity contribution in [2.45, 2.75) is 45.4 Å². The minimum atomic E-state index is -0.487. The summed E-state index contributed by atoms with van der Waals surface area (Å²) in [4.78, 5) is 26.9. The lowest BCUT2D eigenvalue weighted by Crippen LogP contribution is -2.25. The van der Waals surface area contributed by atoms with E-state index >= 15 is 0 Å². The first kappa shape index (κ1) is 20.8. The van der Waals surface area contributed by atoms with E-state index in [0.29, 0.717) is 5.56 Å². The maximum absolute atomic E-state index is 12.5. The summed E-state index contributed by atoms with van der Waals surface area (Å²) < 4.78 is 5.25. The van der Waals surface area contributed by atoms with Crippen LogP contribution >= 0.6 is 0 Å². The molecule has 0 spiro atoms. The molecule has 4 heteroatoms. The summed E-state index contributed by atoms with van der Waals surface area (Å²) >= 11 is 0. The van der Waals surface area contributed by atoms with Crippen molar-refractivity contribution in [3.63, 3.8) is 0 Å². The standard InChI is InChI=1S/C25H29NO3/c1-24(2,3)18-13-11-17(12-14-18)23(28)29-16-19(27)15-22-25(4,5)20-9-7-8-10-21(20)26(22)6/h7-15H,16H2,1-6H3. The number of para-hydroxylation sites is 1. The van der Waals surface area contributed by atoms with Crippen LogP contribution in [0.5, 0.6) is 0 Å². The van der Waals surface area contributed by atoms with Gasteiger partial charge in [0.05, 0.1) is 5.56 Å². The number of anilines is 1. The van der Waals surface area contributed by atoms with E-state index in [1.165, 1.54) is 5.56 Å². The maximum atomic E-state index is 12.5. The van der Waals surface area contributed by atoms with Crippen LogP contribution in [0.15, 0.2) is 60.3 Å². The number of carbonyl (C=O) groups is 2. The molecule has 2 aromatic rings. The average molecular weight is 392 g/mol. The lowest BCUT2D eigenvalue weighted by molar-refractivity contribution is -0.117. The first-order chi connectivity index (χ1) is 13.5. The molecule has 0 amide bonds. The second-order valence-electron chi connectivity index (χ2n) is 9.10. The molecule has 0 N–H and O–H groups in total. The number of hydrogen-bond donors (Lipinski definition) is 0. The first-order valence-electron chi connectivity index (χ1n) is 9.88. The zero-order chi connectivity index (χ0) is 21.4. The van der Waals surface area contributed by atoms with Crippen LogP contribution in [0.3, 0.4) is 0 Å². The van der Waals surface area contributed by atoms with Crippen molar-refractivity contribution in [2.24, 2.45) is 0 Å². The summed E-state index contributed by atoms with van der Waals surface area (Å²) in [7, 11) is 1.95. The predicted octanol–water partition coefficient (Wildman–Crippen LogP) is 5.02. The number of carbonyl (C=O) groups excluding carboxylic acids is 2. The highest BCUT2D eigenvalue weighted by atomic mass is 16.5. The van der Waals surface area contributed by atoms with Crippen LogP contribution in [-0.4, -0.2) is 25.4 Å². The minimum absolute atomic E-state index is 0.0161. The third kappa shape index (κ3) is 4.12. The monoisotopic (exact) mass is 391 g/mol. The molecule has 0 bridgehead atoms. The van der Waals surface area contributed by atoms with Gasteiger partial charge in [0.15, 0.2) is 12.4 Å². The molecule has 1 aliphatic heterocycles. The van der Waals surface area contributed by atoms with Crippen LogP contribution in [-0.2, 0) is 20.4 Å². The topological polar surface area (TPSA) is 46.6 Å². The van der Waals surface area contributed by atoms with E-state index in [-0.39, 0.29) is 23.2 Å². The van der Waals surface area contributed by atoms with E-state index in [1.54, 1.807) is 18.2 Å². The van der Waals surface area contributed by atoms with Gasteiger partial charge < -0.3 is 9.64 Å². The van der Waals surface area contributed by atoms with E-state index in [0.717, 1.165) is 16.9 Å². The second-order valence-corrected chi connectivity index (χ2v) is 9.10. The lowest BCUT2D eigenvalue weighted by atomic mass is 9.83. The molecule has 0 saturated carbocycles. The number of benzene rings is 2. The van der Waals surface area contributed by atoms with Crippen LogP contribution < -0.4 is 4.90 Å². The Bertz CT molecular complexity index is 962. The van der Waals surface area contributed by atoms with Gasteiger partial charge in [-0.05, 0) is 34.7 Å². The number of likely N-dealkylation sites (N-methyl/N-ethyl adjacent to an activating group) is 1. The molecular formula is C25H29NO3. The van der Waals surface area contributed by atoms with Gasteiger partial charge in [0.1, 0.15) is 0 Å². The first-order valence-corrected chi connectivity index (χ1v) is 9.88. The summed E-state index contributed by atoms with van der Waals surface area (Å²) in [5.41, 5.74) is 4.49. The third-order valence-corrected chi connectivity index (χ3v) is 5.57. The van der Waals surface area contributed by atoms with Gasteiger partial charge in [-0.15, -0.1) is 0 Å². The number of rotatable bonds is 4. The molecule has 0 radical (unpaired) electrons. The Hall–Kier alpha value is -2.88. The molecule has 0 aromatic heterocycles. The minimum Gasteiger partial charge on any atom is -0.454 e. The number of allylic oxidation sites excluding steroid dienone is 1. The van der Waals surface area contributed by atoms with Crippen LogP contribution in [0.2, 0.25) is 0 Å². The van der Waals surface area contributed by atoms with Crippen molar-refractivity contribution in [3.05, 3.63) is 77.0 Å². The normalized spacial score (nSPS) is 16.6. The van der Waals surface area contributed by atoms with Crippen molar-refractivity contribution in [1.82, 2.24) is 0 Å². The highest BCUT2D eigenvalue weighted by Crippen LogP contribution is 2.46. The molecule has 1 heterocycles. The summed E-state index contributed by atoms with van der Waals surface area (Å²) in [6.45, 7) is 10.3. The molecule has 0 fully saturated rings. The number of hydrogen-bond acceptors (Lipinski definition) is 4. The third-order valence-electron chi connectivity index (χ3n) is 5.57. The summed E-state index contributed by atoms with van der Waals surface area (Å²) in [6, 6.07) is 15.5. The highest BCUT2D eigenvalue weighted by Gasteiger charge is 2.38. The van der Waals surface area contributed by atoms with E-state index in [4.69, 9.17) is 4.74 Å². The molecule has 4 nitrogen and oxygen atoms in total. The predicted molar refractivity (Wildman–Crippen MR) is 116 cm³/mol. The van der Waals surface area contributed by atoms with Crippen molar-refractivity contribution >= 4 is 17.4 Å². The summed E-state index contributed by atoms with van der Waals surface area (Å²) in [5.74, 6) is -0.716. The fourth-order valence-electron chi connectivity index (χ4n) is 3.78. The molecule has 2 aromatic carbocycles. The number of fused-ring (bicyclic) bond motifs is 1. The Morgan fingerprint density at radius 1 is 1.03 bits per heavy atom. The van der Waals surface area contributed by atoms with Gasteiger partial charge in [0, 0.05) is 29.9 Å². The molecule has 1 aliphatic rings. The quantitative estimate of drug-likeness (QED) is 0.542. The van der Waals surface area contributed by atoms with Crippen LogP contribution in [0.25, 0.3) is 0 Å². The Morgan fingerprint density at radius 3 is 2.24 bits per heavy atom. The van der Waals surface area contributed by atoms with Gasteiger partial charge in [-0.1, -0.05) is 65.0 Å². The number of esters is 1. The van der Waals surface area contributed by atoms with Crippen LogP contribution in [0.1, 0.15) is 56.1 Å². The van der Waals surface area contributed by atoms with Gasteiger partial charge in [0.2, 0.25) is 0 Å². The zero-order valence-electron chi connectivity index (χ0n) is 18.1.